The molecule has 0 fully saturated rings. The molecule has 0 aliphatic carbocycles. The molecule has 0 amide bonds. The summed E-state index contributed by atoms with van der Waals surface area (Å²) in [6.07, 6.45) is 2.13. The third kappa shape index (κ3) is 6.28. The van der Waals surface area contributed by atoms with E-state index >= 15 is 0 Å². The Morgan fingerprint density at radius 3 is 1.83 bits per heavy atom. The fraction of sp³-hybridized carbons (Fsp3) is 0.350. The van der Waals surface area contributed by atoms with Gasteiger partial charge in [0.05, 0.1) is 6.54 Å². The van der Waals surface area contributed by atoms with Crippen LogP contribution in [0.1, 0.15) is 34.7 Å². The molecule has 162 valence electrons. The quantitative estimate of drug-likeness (QED) is 0.259. The van der Waals surface area contributed by atoms with E-state index in [1.807, 2.05) is 0 Å². The first-order valence-electron chi connectivity index (χ1n) is 9.08. The van der Waals surface area contributed by atoms with E-state index in [4.69, 9.17) is 0 Å². The van der Waals surface area contributed by atoms with Gasteiger partial charge in [-0.3, -0.25) is 0 Å². The fourth-order valence-electron chi connectivity index (χ4n) is 3.49. The zero-order chi connectivity index (χ0) is 22.3. The van der Waals surface area contributed by atoms with Gasteiger partial charge < -0.3 is 0 Å². The topological polar surface area (TPSA) is 12.4 Å². The van der Waals surface area contributed by atoms with Crippen LogP contribution in [0.25, 0.3) is 0 Å². The van der Waals surface area contributed by atoms with E-state index in [9.17, 15) is 25.2 Å². The number of para-hydroxylation sites is 2. The predicted octanol–water partition coefficient (Wildman–Crippen LogP) is 8.50. The normalized spacial score (nSPS) is 20.4. The van der Waals surface area contributed by atoms with Crippen LogP contribution in [-0.4, -0.2) is 12.9 Å². The van der Waals surface area contributed by atoms with Gasteiger partial charge in [-0.15, -0.1) is 0 Å². The Labute approximate surface area is 166 Å². The number of hydrogen-bond donors (Lipinski definition) is 0. The molecule has 0 saturated heterocycles. The van der Waals surface area contributed by atoms with Crippen molar-refractivity contribution in [3.8, 4) is 0 Å². The van der Waals surface area contributed by atoms with E-state index < -0.39 is 7.81 Å². The molecule has 0 N–H and O–H groups in total. The van der Waals surface area contributed by atoms with E-state index in [-0.39, 0.29) is 0 Å². The number of aryl methyl sites for hydroxylation is 2. The van der Waals surface area contributed by atoms with Crippen molar-refractivity contribution in [1.29, 1.82) is 0 Å². The molecule has 29 heavy (non-hydrogen) atoms. The van der Waals surface area contributed by atoms with Crippen molar-refractivity contribution in [2.45, 2.75) is 41.2 Å². The number of halogens is 6. The molecule has 1 aliphatic rings. The first-order chi connectivity index (χ1) is 12.9. The van der Waals surface area contributed by atoms with Crippen molar-refractivity contribution < 1.29 is 25.2 Å². The maximum absolute atomic E-state index is 10.7. The average Bonchev–Trinajstić information content (AvgIpc) is 2.94. The van der Waals surface area contributed by atoms with Gasteiger partial charge in [-0.05, 0) is 62.9 Å². The van der Waals surface area contributed by atoms with Gasteiger partial charge in [-0.2, -0.15) is 4.99 Å². The Kier molecular flexibility index (Phi) is 5.49. The Balaban J connectivity index is 0.000000370. The minimum absolute atomic E-state index is 0.820. The fourth-order valence-corrected chi connectivity index (χ4v) is 3.49. The Bertz CT molecular complexity index is 930. The summed E-state index contributed by atoms with van der Waals surface area (Å²) in [5, 5.41) is 0. The van der Waals surface area contributed by atoms with Gasteiger partial charge in [0.15, 0.2) is 12.0 Å². The summed E-state index contributed by atoms with van der Waals surface area (Å²) < 4.78 is 60.0. The average molecular weight is 438 g/mol. The molecule has 0 bridgehead atoms. The van der Waals surface area contributed by atoms with E-state index in [2.05, 4.69) is 76.3 Å². The van der Waals surface area contributed by atoms with Crippen LogP contribution in [0.3, 0.4) is 0 Å². The summed E-state index contributed by atoms with van der Waals surface area (Å²) >= 11 is 0. The molecule has 0 saturated carbocycles. The molecule has 9 heteroatoms. The molecule has 1 aliphatic heterocycles. The standard InChI is InChI=1S/C20H25N2.F6P/c1-6-22(13-21-19-9-7-8-10-20(19)22)12-18-16(4)14(2)11-15(3)17(18)5;1-7(2,3,4,5)6/h7-11,13H,6,12H2,1-5H3;/q+1;-1. The second-order valence-electron chi connectivity index (χ2n) is 7.44. The monoisotopic (exact) mass is 438 g/mol. The number of quaternary nitrogens is 1. The van der Waals surface area contributed by atoms with Crippen molar-refractivity contribution in [1.82, 2.24) is 4.48 Å². The molecule has 2 aromatic rings. The second-order valence-corrected chi connectivity index (χ2v) is 9.36. The Morgan fingerprint density at radius 1 is 0.862 bits per heavy atom. The molecule has 0 aromatic heterocycles. The molecule has 1 unspecified atom stereocenters. The van der Waals surface area contributed by atoms with Crippen LogP contribution >= 0.6 is 7.81 Å². The molecular formula is C20H25F6N2P. The summed E-state index contributed by atoms with van der Waals surface area (Å²) in [5.74, 6) is 0. The first kappa shape index (κ1) is 23.4. The van der Waals surface area contributed by atoms with Crippen LogP contribution in [0, 0.1) is 27.7 Å². The number of hydrogen-bond acceptors (Lipinski definition) is 1. The molecule has 2 nitrogen and oxygen atoms in total. The van der Waals surface area contributed by atoms with Crippen LogP contribution in [0.4, 0.5) is 36.6 Å². The van der Waals surface area contributed by atoms with E-state index in [1.165, 1.54) is 33.5 Å². The second kappa shape index (κ2) is 6.81. The zero-order valence-electron chi connectivity index (χ0n) is 17.0. The van der Waals surface area contributed by atoms with E-state index in [0.717, 1.165) is 23.3 Å². The van der Waals surface area contributed by atoms with Crippen molar-refractivity contribution >= 4 is 25.5 Å². The maximum atomic E-state index is 9.87. The molecule has 1 atom stereocenters. The van der Waals surface area contributed by atoms with Gasteiger partial charge in [-0.25, -0.2) is 4.48 Å². The molecular weight excluding hydrogens is 413 g/mol. The predicted molar refractivity (Wildman–Crippen MR) is 110 cm³/mol. The van der Waals surface area contributed by atoms with Gasteiger partial charge in [0.2, 0.25) is 0 Å². The minimum atomic E-state index is -10.7. The number of fused-ring (bicyclic) bond motifs is 1. The molecule has 3 rings (SSSR count). The van der Waals surface area contributed by atoms with Crippen LogP contribution in [-0.2, 0) is 6.54 Å². The van der Waals surface area contributed by atoms with Gasteiger partial charge >= 0.3 is 33.0 Å². The molecule has 2 aromatic carbocycles. The molecule has 0 radical (unpaired) electrons. The van der Waals surface area contributed by atoms with Crippen LogP contribution < -0.4 is 4.48 Å². The summed E-state index contributed by atoms with van der Waals surface area (Å²) in [5.41, 5.74) is 9.53. The van der Waals surface area contributed by atoms with Crippen LogP contribution in [0.5, 0.6) is 0 Å². The third-order valence-corrected chi connectivity index (χ3v) is 5.31. The van der Waals surface area contributed by atoms with Gasteiger partial charge in [-0.1, -0.05) is 18.2 Å². The van der Waals surface area contributed by atoms with Crippen molar-refractivity contribution in [3.63, 3.8) is 0 Å². The number of aliphatic imine (C=N–C) groups is 1. The van der Waals surface area contributed by atoms with Gasteiger partial charge in [0.1, 0.15) is 12.2 Å². The van der Waals surface area contributed by atoms with E-state index in [1.54, 1.807) is 0 Å². The molecule has 1 heterocycles. The Hall–Kier alpha value is -1.92. The van der Waals surface area contributed by atoms with Crippen molar-refractivity contribution in [2.24, 2.45) is 4.99 Å². The summed E-state index contributed by atoms with van der Waals surface area (Å²) in [7, 11) is -10.7. The SMILES string of the molecule is CC[N+]1(Cc2c(C)c(C)cc(C)c2C)C=Nc2ccccc21.F[P-](F)(F)(F)(F)F. The summed E-state index contributed by atoms with van der Waals surface area (Å²) in [6.45, 7) is 13.2. The third-order valence-electron chi connectivity index (χ3n) is 5.31. The zero-order valence-corrected chi connectivity index (χ0v) is 17.9. The Morgan fingerprint density at radius 2 is 1.34 bits per heavy atom. The number of nitrogens with zero attached hydrogens (tertiary/aromatic N) is 2. The van der Waals surface area contributed by atoms with Crippen LogP contribution in [0.2, 0.25) is 0 Å². The summed E-state index contributed by atoms with van der Waals surface area (Å²) in [4.78, 5) is 4.67. The van der Waals surface area contributed by atoms with E-state index in [0.29, 0.717) is 0 Å². The number of benzene rings is 2. The molecule has 0 spiro atoms. The van der Waals surface area contributed by atoms with Gasteiger partial charge in [0.25, 0.3) is 0 Å². The summed E-state index contributed by atoms with van der Waals surface area (Å²) in [6, 6.07) is 10.8. The van der Waals surface area contributed by atoms with Crippen LogP contribution in [0.15, 0.2) is 35.3 Å². The van der Waals surface area contributed by atoms with Crippen molar-refractivity contribution in [3.05, 3.63) is 58.1 Å². The van der Waals surface area contributed by atoms with Gasteiger partial charge in [0, 0.05) is 11.6 Å². The number of rotatable bonds is 3. The first-order valence-corrected chi connectivity index (χ1v) is 11.1. The van der Waals surface area contributed by atoms with Crippen molar-refractivity contribution in [2.75, 3.05) is 6.54 Å².